The summed E-state index contributed by atoms with van der Waals surface area (Å²) in [6, 6.07) is 13.9. The molecule has 7 nitrogen and oxygen atoms in total. The lowest BCUT2D eigenvalue weighted by Gasteiger charge is -2.28. The number of hydrogen-bond donors (Lipinski definition) is 3. The van der Waals surface area contributed by atoms with Crippen LogP contribution >= 0.6 is 0 Å². The van der Waals surface area contributed by atoms with Crippen molar-refractivity contribution in [3.8, 4) is 28.0 Å². The zero-order valence-corrected chi connectivity index (χ0v) is 18.6. The maximum absolute atomic E-state index is 14.9. The average Bonchev–Trinajstić information content (AvgIpc) is 2.86. The number of nitrogens with zero attached hydrogens (tertiary/aromatic N) is 3. The second kappa shape index (κ2) is 10.4. The van der Waals surface area contributed by atoms with E-state index in [-0.39, 0.29) is 11.4 Å². The number of pyridine rings is 1. The van der Waals surface area contributed by atoms with E-state index >= 15 is 0 Å². The molecule has 0 spiro atoms. The highest BCUT2D eigenvalue weighted by Gasteiger charge is 2.17. The van der Waals surface area contributed by atoms with E-state index in [0.717, 1.165) is 37.6 Å². The molecule has 3 N–H and O–H groups in total. The Labute approximate surface area is 192 Å². The number of benzene rings is 2. The third-order valence-corrected chi connectivity index (χ3v) is 5.83. The quantitative estimate of drug-likeness (QED) is 0.459. The molecule has 2 heterocycles. The fourth-order valence-corrected chi connectivity index (χ4v) is 4.03. The van der Waals surface area contributed by atoms with Gasteiger partial charge in [-0.1, -0.05) is 24.3 Å². The van der Waals surface area contributed by atoms with Crippen LogP contribution in [-0.2, 0) is 4.79 Å². The summed E-state index contributed by atoms with van der Waals surface area (Å²) in [5, 5.41) is 17.4. The van der Waals surface area contributed by atoms with Crippen molar-refractivity contribution in [3.63, 3.8) is 0 Å². The molecular weight excluding hydrogens is 421 g/mol. The van der Waals surface area contributed by atoms with Crippen molar-refractivity contribution in [2.45, 2.75) is 0 Å². The van der Waals surface area contributed by atoms with Gasteiger partial charge in [-0.25, -0.2) is 9.37 Å². The number of likely N-dealkylation sites (N-methyl/N-ethyl adjacent to an activating group) is 1. The van der Waals surface area contributed by atoms with Crippen LogP contribution in [0, 0.1) is 5.82 Å². The van der Waals surface area contributed by atoms with Crippen molar-refractivity contribution < 1.29 is 14.3 Å². The summed E-state index contributed by atoms with van der Waals surface area (Å²) in [6.07, 6.45) is 2.36. The van der Waals surface area contributed by atoms with Gasteiger partial charge in [-0.3, -0.25) is 4.79 Å². The Bertz CT molecular complexity index is 1120. The third kappa shape index (κ3) is 4.97. The Morgan fingerprint density at radius 3 is 2.55 bits per heavy atom. The number of amides is 1. The normalized spacial score (nSPS) is 13.7. The number of hydrogen-bond acceptors (Lipinski definition) is 6. The number of phenols is 1. The fourth-order valence-electron chi connectivity index (χ4n) is 4.03. The molecule has 3 aromatic rings. The fraction of sp³-hybridized carbons (Fsp3) is 0.280. The molecule has 0 saturated carbocycles. The highest BCUT2D eigenvalue weighted by atomic mass is 19.1. The molecule has 0 unspecified atom stereocenters. The van der Waals surface area contributed by atoms with Gasteiger partial charge in [-0.15, -0.1) is 0 Å². The topological polar surface area (TPSA) is 80.7 Å². The Hall–Kier alpha value is -3.49. The van der Waals surface area contributed by atoms with Crippen LogP contribution in [0.2, 0.25) is 0 Å². The molecule has 1 fully saturated rings. The molecule has 33 heavy (non-hydrogen) atoms. The molecule has 2 aromatic carbocycles. The number of halogens is 1. The molecule has 1 aliphatic rings. The monoisotopic (exact) mass is 449 g/mol. The van der Waals surface area contributed by atoms with Crippen LogP contribution in [-0.4, -0.2) is 62.8 Å². The second-order valence-corrected chi connectivity index (χ2v) is 7.91. The van der Waals surface area contributed by atoms with Crippen LogP contribution in [0.15, 0.2) is 54.7 Å². The summed E-state index contributed by atoms with van der Waals surface area (Å²) < 4.78 is 14.9. The highest BCUT2D eigenvalue weighted by molar-refractivity contribution is 5.84. The van der Waals surface area contributed by atoms with Crippen molar-refractivity contribution in [3.05, 3.63) is 60.5 Å². The minimum Gasteiger partial charge on any atom is -0.507 e. The summed E-state index contributed by atoms with van der Waals surface area (Å²) in [6.45, 7) is 4.47. The van der Waals surface area contributed by atoms with Gasteiger partial charge in [0.15, 0.2) is 0 Å². The Kier molecular flexibility index (Phi) is 7.16. The van der Waals surface area contributed by atoms with Gasteiger partial charge in [-0.2, -0.15) is 0 Å². The van der Waals surface area contributed by atoms with E-state index in [1.165, 1.54) is 11.0 Å². The largest absolute Gasteiger partial charge is 0.507 e. The van der Waals surface area contributed by atoms with Crippen molar-refractivity contribution in [2.24, 2.45) is 0 Å². The maximum Gasteiger partial charge on any atom is 0.214 e. The lowest BCUT2D eigenvalue weighted by molar-refractivity contribution is -0.107. The first-order chi connectivity index (χ1) is 16.1. The second-order valence-electron chi connectivity index (χ2n) is 7.91. The molecule has 4 rings (SSSR count). The van der Waals surface area contributed by atoms with Crippen LogP contribution < -0.4 is 20.4 Å². The predicted octanol–water partition coefficient (Wildman–Crippen LogP) is 2.85. The van der Waals surface area contributed by atoms with E-state index in [2.05, 4.69) is 20.5 Å². The van der Waals surface area contributed by atoms with E-state index in [1.807, 2.05) is 24.3 Å². The molecular formula is C25H28FN5O2. The predicted molar refractivity (Wildman–Crippen MR) is 129 cm³/mol. The van der Waals surface area contributed by atoms with Crippen LogP contribution in [0.1, 0.15) is 0 Å². The zero-order valence-electron chi connectivity index (χ0n) is 18.6. The highest BCUT2D eigenvalue weighted by Crippen LogP contribution is 2.39. The van der Waals surface area contributed by atoms with E-state index in [0.29, 0.717) is 36.2 Å². The average molecular weight is 450 g/mol. The van der Waals surface area contributed by atoms with E-state index in [1.54, 1.807) is 31.4 Å². The molecule has 172 valence electrons. The van der Waals surface area contributed by atoms with Gasteiger partial charge in [0, 0.05) is 56.6 Å². The van der Waals surface area contributed by atoms with E-state index < -0.39 is 5.82 Å². The summed E-state index contributed by atoms with van der Waals surface area (Å²) >= 11 is 0. The van der Waals surface area contributed by atoms with Gasteiger partial charge in [0.2, 0.25) is 6.41 Å². The Morgan fingerprint density at radius 1 is 1.15 bits per heavy atom. The number of nitrogens with one attached hydrogen (secondary N) is 2. The molecule has 1 saturated heterocycles. The molecule has 1 aliphatic heterocycles. The number of para-hydroxylation sites is 1. The number of phenolic OH excluding ortho intramolecular Hbond substituents is 1. The van der Waals surface area contributed by atoms with Crippen LogP contribution in [0.3, 0.4) is 0 Å². The standard InChI is InChI=1S/C25H28FN5O2/c1-27-9-12-31(17-32)23-6-5-18(15-22(23)26)20-3-2-4-21(25(20)33)19-7-8-29-24(16-19)30-13-10-28-11-14-30/h2-8,15-17,27-28,33H,9-14H2,1H3. The number of carbonyl (C=O) groups excluding carboxylic acids is 1. The zero-order chi connectivity index (χ0) is 23.2. The number of anilines is 2. The van der Waals surface area contributed by atoms with Crippen molar-refractivity contribution in [1.82, 2.24) is 15.6 Å². The number of rotatable bonds is 8. The molecule has 8 heteroatoms. The first-order valence-electron chi connectivity index (χ1n) is 11.0. The summed E-state index contributed by atoms with van der Waals surface area (Å²) in [5.41, 5.74) is 2.75. The van der Waals surface area contributed by atoms with Crippen molar-refractivity contribution in [2.75, 3.05) is 56.1 Å². The van der Waals surface area contributed by atoms with Gasteiger partial charge >= 0.3 is 0 Å². The number of piperazine rings is 1. The van der Waals surface area contributed by atoms with Crippen LogP contribution in [0.25, 0.3) is 22.3 Å². The molecule has 0 aliphatic carbocycles. The first kappa shape index (κ1) is 22.7. The van der Waals surface area contributed by atoms with Gasteiger partial charge in [0.25, 0.3) is 0 Å². The molecule has 0 radical (unpaired) electrons. The minimum atomic E-state index is -0.523. The number of aromatic nitrogens is 1. The molecule has 1 amide bonds. The van der Waals surface area contributed by atoms with Gasteiger partial charge in [0.1, 0.15) is 17.4 Å². The molecule has 0 atom stereocenters. The van der Waals surface area contributed by atoms with Gasteiger partial charge < -0.3 is 25.5 Å². The Balaban J connectivity index is 1.65. The number of carbonyl (C=O) groups is 1. The summed E-state index contributed by atoms with van der Waals surface area (Å²) in [4.78, 5) is 19.4. The summed E-state index contributed by atoms with van der Waals surface area (Å²) in [7, 11) is 1.77. The van der Waals surface area contributed by atoms with Gasteiger partial charge in [-0.05, 0) is 42.4 Å². The summed E-state index contributed by atoms with van der Waals surface area (Å²) in [5.74, 6) is 0.416. The molecule has 1 aromatic heterocycles. The van der Waals surface area contributed by atoms with Crippen LogP contribution in [0.5, 0.6) is 5.75 Å². The van der Waals surface area contributed by atoms with E-state index in [9.17, 15) is 14.3 Å². The van der Waals surface area contributed by atoms with E-state index in [4.69, 9.17) is 0 Å². The lowest BCUT2D eigenvalue weighted by Crippen LogP contribution is -2.43. The van der Waals surface area contributed by atoms with Crippen LogP contribution in [0.4, 0.5) is 15.9 Å². The first-order valence-corrected chi connectivity index (χ1v) is 11.0. The Morgan fingerprint density at radius 2 is 1.88 bits per heavy atom. The minimum absolute atomic E-state index is 0.0736. The van der Waals surface area contributed by atoms with Crippen molar-refractivity contribution in [1.29, 1.82) is 0 Å². The smallest absolute Gasteiger partial charge is 0.214 e. The SMILES string of the molecule is CNCCN(C=O)c1ccc(-c2cccc(-c3ccnc(N4CCNCC4)c3)c2O)cc1F. The van der Waals surface area contributed by atoms with Crippen molar-refractivity contribution >= 4 is 17.9 Å². The lowest BCUT2D eigenvalue weighted by atomic mass is 9.97. The molecule has 0 bridgehead atoms. The maximum atomic E-state index is 14.9. The third-order valence-electron chi connectivity index (χ3n) is 5.83. The number of aromatic hydroxyl groups is 1. The van der Waals surface area contributed by atoms with Gasteiger partial charge in [0.05, 0.1) is 5.69 Å².